The number of aromatic nitrogens is 7. The first-order valence-corrected chi connectivity index (χ1v) is 10.7. The molecule has 0 aromatic carbocycles. The number of nitrogens with two attached hydrogens (primary N) is 1. The summed E-state index contributed by atoms with van der Waals surface area (Å²) in [5.74, 6) is -0.572. The van der Waals surface area contributed by atoms with Gasteiger partial charge >= 0.3 is 0 Å². The summed E-state index contributed by atoms with van der Waals surface area (Å²) in [6, 6.07) is 3.59. The van der Waals surface area contributed by atoms with Gasteiger partial charge in [0.15, 0.2) is 5.65 Å². The van der Waals surface area contributed by atoms with Gasteiger partial charge in [-0.3, -0.25) is 14.6 Å². The molecular weight excluding hydrogens is 410 g/mol. The molecule has 4 aromatic heterocycles. The van der Waals surface area contributed by atoms with Crippen molar-refractivity contribution in [1.82, 2.24) is 34.6 Å². The largest absolute Gasteiger partial charge is 0.318 e. The molecule has 4 N–H and O–H groups in total. The maximum absolute atomic E-state index is 12.9. The van der Waals surface area contributed by atoms with E-state index >= 15 is 0 Å². The van der Waals surface area contributed by atoms with Crippen molar-refractivity contribution in [3.05, 3.63) is 42.5 Å². The summed E-state index contributed by atoms with van der Waals surface area (Å²) in [4.78, 5) is 17.4. The number of anilines is 1. The fourth-order valence-corrected chi connectivity index (χ4v) is 3.89. The summed E-state index contributed by atoms with van der Waals surface area (Å²) in [5.41, 5.74) is 1.77. The molecule has 1 fully saturated rings. The van der Waals surface area contributed by atoms with Crippen LogP contribution in [0.1, 0.15) is 35.7 Å². The Hall–Kier alpha value is -3.58. The fourth-order valence-electron chi connectivity index (χ4n) is 3.28. The summed E-state index contributed by atoms with van der Waals surface area (Å²) in [6.07, 6.45) is 8.96. The zero-order chi connectivity index (χ0) is 20.9. The molecule has 1 saturated carbocycles. The Morgan fingerprint density at radius 1 is 1.30 bits per heavy atom. The van der Waals surface area contributed by atoms with E-state index in [1.807, 2.05) is 0 Å². The van der Waals surface area contributed by atoms with Crippen LogP contribution in [0.4, 0.5) is 5.69 Å². The predicted octanol–water partition coefficient (Wildman–Crippen LogP) is 0.941. The number of sulfonamides is 1. The molecule has 12 nitrogen and oxygen atoms in total. The number of rotatable bonds is 5. The molecule has 0 spiro atoms. The second-order valence-electron chi connectivity index (χ2n) is 7.02. The van der Waals surface area contributed by atoms with Gasteiger partial charge in [-0.15, -0.1) is 0 Å². The molecule has 1 amide bonds. The number of aromatic amines is 1. The number of carbonyl (C=O) groups is 1. The number of fused-ring (bicyclic) bond motifs is 1. The van der Waals surface area contributed by atoms with Crippen LogP contribution in [0.3, 0.4) is 0 Å². The van der Waals surface area contributed by atoms with E-state index in [9.17, 15) is 13.2 Å². The number of primary sulfonamides is 1. The molecule has 0 radical (unpaired) electrons. The van der Waals surface area contributed by atoms with Crippen molar-refractivity contribution in [2.45, 2.75) is 30.3 Å². The zero-order valence-corrected chi connectivity index (χ0v) is 16.4. The number of hydrogen-bond donors (Lipinski definition) is 3. The van der Waals surface area contributed by atoms with Crippen molar-refractivity contribution in [1.29, 1.82) is 0 Å². The highest BCUT2D eigenvalue weighted by atomic mass is 32.2. The normalized spacial score (nSPS) is 14.7. The number of H-pyrrole nitrogens is 1. The number of nitrogens with one attached hydrogen (secondary N) is 2. The number of hydrogen-bond acceptors (Lipinski definition) is 7. The van der Waals surface area contributed by atoms with Crippen LogP contribution < -0.4 is 10.5 Å². The van der Waals surface area contributed by atoms with Gasteiger partial charge in [-0.1, -0.05) is 0 Å². The van der Waals surface area contributed by atoms with Crippen molar-refractivity contribution in [3.63, 3.8) is 0 Å². The van der Waals surface area contributed by atoms with Gasteiger partial charge in [0.05, 0.1) is 29.8 Å². The Balaban J connectivity index is 1.50. The third-order valence-electron chi connectivity index (χ3n) is 5.06. The van der Waals surface area contributed by atoms with Crippen LogP contribution in [-0.2, 0) is 10.0 Å². The van der Waals surface area contributed by atoms with Crippen LogP contribution in [0.15, 0.2) is 41.9 Å². The highest BCUT2D eigenvalue weighted by molar-refractivity contribution is 7.89. The van der Waals surface area contributed by atoms with Gasteiger partial charge in [-0.25, -0.2) is 23.1 Å². The maximum Gasteiger partial charge on any atom is 0.261 e. The molecular formula is C17H17N9O3S. The molecule has 5 rings (SSSR count). The molecule has 1 aliphatic carbocycles. The van der Waals surface area contributed by atoms with Crippen LogP contribution >= 0.6 is 0 Å². The van der Waals surface area contributed by atoms with E-state index in [-0.39, 0.29) is 22.3 Å². The summed E-state index contributed by atoms with van der Waals surface area (Å²) in [6.45, 7) is 0. The minimum absolute atomic E-state index is 0.0264. The lowest BCUT2D eigenvalue weighted by atomic mass is 9.93. The Morgan fingerprint density at radius 3 is 2.80 bits per heavy atom. The third kappa shape index (κ3) is 3.13. The van der Waals surface area contributed by atoms with E-state index in [0.29, 0.717) is 17.0 Å². The lowest BCUT2D eigenvalue weighted by Crippen LogP contribution is -2.19. The molecule has 30 heavy (non-hydrogen) atoms. The smallest absolute Gasteiger partial charge is 0.261 e. The van der Waals surface area contributed by atoms with E-state index in [4.69, 9.17) is 5.14 Å². The highest BCUT2D eigenvalue weighted by Gasteiger charge is 2.27. The molecule has 0 saturated heterocycles. The first kappa shape index (κ1) is 18.4. The quantitative estimate of drug-likeness (QED) is 0.426. The van der Waals surface area contributed by atoms with E-state index in [0.717, 1.165) is 19.3 Å². The summed E-state index contributed by atoms with van der Waals surface area (Å²) < 4.78 is 26.9. The predicted molar refractivity (Wildman–Crippen MR) is 105 cm³/mol. The Morgan fingerprint density at radius 2 is 2.13 bits per heavy atom. The second-order valence-corrected chi connectivity index (χ2v) is 8.50. The maximum atomic E-state index is 12.9. The van der Waals surface area contributed by atoms with Gasteiger partial charge in [0, 0.05) is 12.4 Å². The molecule has 1 aliphatic rings. The van der Waals surface area contributed by atoms with E-state index in [2.05, 4.69) is 30.7 Å². The summed E-state index contributed by atoms with van der Waals surface area (Å²) in [5, 5.41) is 22.5. The van der Waals surface area contributed by atoms with Gasteiger partial charge in [0.2, 0.25) is 5.03 Å². The summed E-state index contributed by atoms with van der Waals surface area (Å²) >= 11 is 0. The molecule has 4 heterocycles. The molecule has 0 aliphatic heterocycles. The van der Waals surface area contributed by atoms with Crippen LogP contribution in [-0.4, -0.2) is 48.9 Å². The molecule has 0 atom stereocenters. The molecule has 154 valence electrons. The first-order valence-electron chi connectivity index (χ1n) is 9.17. The SMILES string of the molecule is NS(=O)(=O)c1nn(C2CCC2)cc1NC(=O)c1cnn2ccc(-c3ccn[nH]3)nc12. The molecule has 0 unspecified atom stereocenters. The van der Waals surface area contributed by atoms with Gasteiger partial charge in [0.1, 0.15) is 11.3 Å². The molecule has 4 aromatic rings. The number of amides is 1. The van der Waals surface area contributed by atoms with E-state index in [1.165, 1.54) is 16.9 Å². The lowest BCUT2D eigenvalue weighted by molar-refractivity contribution is 0.102. The van der Waals surface area contributed by atoms with Crippen LogP contribution in [0.5, 0.6) is 0 Å². The topological polar surface area (TPSA) is 166 Å². The van der Waals surface area contributed by atoms with Gasteiger partial charge < -0.3 is 5.32 Å². The highest BCUT2D eigenvalue weighted by Crippen LogP contribution is 2.33. The van der Waals surface area contributed by atoms with E-state index < -0.39 is 15.9 Å². The monoisotopic (exact) mass is 427 g/mol. The van der Waals surface area contributed by atoms with Crippen LogP contribution in [0, 0.1) is 0 Å². The zero-order valence-electron chi connectivity index (χ0n) is 15.6. The second kappa shape index (κ2) is 6.74. The third-order valence-corrected chi connectivity index (χ3v) is 5.90. The minimum atomic E-state index is -4.12. The Kier molecular flexibility index (Phi) is 4.15. The average Bonchev–Trinajstić information content (AvgIpc) is 3.38. The molecule has 0 bridgehead atoms. The van der Waals surface area contributed by atoms with Crippen LogP contribution in [0.2, 0.25) is 0 Å². The minimum Gasteiger partial charge on any atom is -0.318 e. The average molecular weight is 427 g/mol. The van der Waals surface area contributed by atoms with Crippen molar-refractivity contribution >= 4 is 27.3 Å². The van der Waals surface area contributed by atoms with Crippen molar-refractivity contribution in [2.24, 2.45) is 5.14 Å². The van der Waals surface area contributed by atoms with Gasteiger partial charge in [-0.05, 0) is 31.4 Å². The molecule has 13 heteroatoms. The standard InChI is InChI=1S/C17H17N9O3S/c18-30(28,29)17-14(9-26(24-17)10-2-1-3-10)22-16(27)11-8-20-25-7-5-12(21-15(11)25)13-4-6-19-23-13/h4-10H,1-3H2,(H,19,23)(H,22,27)(H2,18,28,29). The van der Waals surface area contributed by atoms with Gasteiger partial charge in [-0.2, -0.15) is 15.3 Å². The van der Waals surface area contributed by atoms with Crippen LogP contribution in [0.25, 0.3) is 17.0 Å². The van der Waals surface area contributed by atoms with E-state index in [1.54, 1.807) is 29.2 Å². The Labute approximate surface area is 170 Å². The van der Waals surface area contributed by atoms with Crippen molar-refractivity contribution in [2.75, 3.05) is 5.32 Å². The summed E-state index contributed by atoms with van der Waals surface area (Å²) in [7, 11) is -4.12. The van der Waals surface area contributed by atoms with Crippen molar-refractivity contribution < 1.29 is 13.2 Å². The van der Waals surface area contributed by atoms with Crippen molar-refractivity contribution in [3.8, 4) is 11.4 Å². The lowest BCUT2D eigenvalue weighted by Gasteiger charge is -2.25. The first-order chi connectivity index (χ1) is 14.4. The Bertz CT molecular complexity index is 1350. The van der Waals surface area contributed by atoms with Gasteiger partial charge in [0.25, 0.3) is 15.9 Å². The fraction of sp³-hybridized carbons (Fsp3) is 0.235. The number of nitrogens with zero attached hydrogens (tertiary/aromatic N) is 6. The number of carbonyl (C=O) groups excluding carboxylic acids is 1.